The number of carboxylic acids is 1. The zero-order chi connectivity index (χ0) is 27.8. The minimum Gasteiger partial charge on any atom is -0.490 e. The Morgan fingerprint density at radius 2 is 2.08 bits per heavy atom. The average molecular weight is 543 g/mol. The van der Waals surface area contributed by atoms with E-state index >= 15 is 0 Å². The number of benzene rings is 1. The summed E-state index contributed by atoms with van der Waals surface area (Å²) in [5.74, 6) is -1.21. The van der Waals surface area contributed by atoms with Crippen LogP contribution in [0.4, 0.5) is 5.69 Å². The van der Waals surface area contributed by atoms with E-state index in [1.54, 1.807) is 32.1 Å². The third kappa shape index (κ3) is 5.19. The summed E-state index contributed by atoms with van der Waals surface area (Å²) in [7, 11) is 0. The predicted molar refractivity (Wildman–Crippen MR) is 143 cm³/mol. The third-order valence-electron chi connectivity index (χ3n) is 5.90. The molecule has 2 aromatic heterocycles. The smallest absolute Gasteiger partial charge is 0.356 e. The number of carbonyl (C=O) groups excluding carboxylic acids is 1. The molecule has 0 fully saturated rings. The van der Waals surface area contributed by atoms with Gasteiger partial charge in [0.05, 0.1) is 35.2 Å². The van der Waals surface area contributed by atoms with Crippen LogP contribution in [0.3, 0.4) is 0 Å². The number of halogens is 1. The molecule has 0 amide bonds. The number of aromatic nitrogens is 3. The SMILES string of the molecule is C=CCN1CCOc2ccc(-c3c(C(OC(C)(C)C)C(=O)OCC)c(C)nc4cc(C(=O)O)nn34)c(Cl)c21. The lowest BCUT2D eigenvalue weighted by Gasteiger charge is -2.32. The Balaban J connectivity index is 2.09. The summed E-state index contributed by atoms with van der Waals surface area (Å²) in [6.45, 7) is 14.5. The van der Waals surface area contributed by atoms with Gasteiger partial charge in [-0.15, -0.1) is 6.58 Å². The van der Waals surface area contributed by atoms with Crippen molar-refractivity contribution in [2.24, 2.45) is 0 Å². The summed E-state index contributed by atoms with van der Waals surface area (Å²) in [4.78, 5) is 31.7. The second kappa shape index (κ2) is 10.6. The number of hydrogen-bond donors (Lipinski definition) is 1. The van der Waals surface area contributed by atoms with Crippen LogP contribution < -0.4 is 9.64 Å². The minimum atomic E-state index is -1.21. The number of nitrogens with zero attached hydrogens (tertiary/aromatic N) is 4. The van der Waals surface area contributed by atoms with Crippen molar-refractivity contribution in [3.8, 4) is 17.0 Å². The summed E-state index contributed by atoms with van der Waals surface area (Å²) in [6, 6.07) is 4.92. The van der Waals surface area contributed by atoms with E-state index in [2.05, 4.69) is 16.7 Å². The van der Waals surface area contributed by atoms with Crippen molar-refractivity contribution in [1.82, 2.24) is 14.6 Å². The Labute approximate surface area is 225 Å². The van der Waals surface area contributed by atoms with Crippen LogP contribution in [0.15, 0.2) is 30.9 Å². The number of rotatable bonds is 8. The van der Waals surface area contributed by atoms with Crippen molar-refractivity contribution in [2.45, 2.75) is 46.3 Å². The van der Waals surface area contributed by atoms with E-state index in [-0.39, 0.29) is 17.9 Å². The van der Waals surface area contributed by atoms with Gasteiger partial charge in [0.25, 0.3) is 0 Å². The topological polar surface area (TPSA) is 115 Å². The van der Waals surface area contributed by atoms with Crippen LogP contribution in [0.2, 0.25) is 5.02 Å². The van der Waals surface area contributed by atoms with Crippen molar-refractivity contribution in [1.29, 1.82) is 0 Å². The van der Waals surface area contributed by atoms with Crippen molar-refractivity contribution in [3.05, 3.63) is 52.8 Å². The van der Waals surface area contributed by atoms with Crippen LogP contribution in [-0.4, -0.2) is 63.5 Å². The number of anilines is 1. The molecular formula is C27H31ClN4O6. The highest BCUT2D eigenvalue weighted by Crippen LogP contribution is 2.46. The zero-order valence-corrected chi connectivity index (χ0v) is 22.8. The molecule has 1 unspecified atom stereocenters. The van der Waals surface area contributed by atoms with E-state index in [0.29, 0.717) is 58.7 Å². The van der Waals surface area contributed by atoms with Crippen molar-refractivity contribution < 1.29 is 28.9 Å². The Morgan fingerprint density at radius 1 is 1.34 bits per heavy atom. The largest absolute Gasteiger partial charge is 0.490 e. The molecular weight excluding hydrogens is 512 g/mol. The summed E-state index contributed by atoms with van der Waals surface area (Å²) < 4.78 is 18.9. The first kappa shape index (κ1) is 27.4. The molecule has 3 aromatic rings. The molecule has 1 N–H and O–H groups in total. The maximum Gasteiger partial charge on any atom is 0.356 e. The highest BCUT2D eigenvalue weighted by Gasteiger charge is 2.36. The number of fused-ring (bicyclic) bond motifs is 2. The predicted octanol–water partition coefficient (Wildman–Crippen LogP) is 4.86. The van der Waals surface area contributed by atoms with Crippen molar-refractivity contribution in [2.75, 3.05) is 31.2 Å². The van der Waals surface area contributed by atoms with Crippen molar-refractivity contribution >= 4 is 34.9 Å². The van der Waals surface area contributed by atoms with Gasteiger partial charge in [-0.05, 0) is 46.8 Å². The molecule has 1 aromatic carbocycles. The Kier molecular flexibility index (Phi) is 7.66. The molecule has 3 heterocycles. The molecule has 0 saturated carbocycles. The molecule has 1 aliphatic rings. The van der Waals surface area contributed by atoms with E-state index in [1.807, 2.05) is 25.7 Å². The van der Waals surface area contributed by atoms with Crippen LogP contribution in [0.25, 0.3) is 16.9 Å². The molecule has 0 spiro atoms. The molecule has 0 radical (unpaired) electrons. The molecule has 4 rings (SSSR count). The normalized spacial score (nSPS) is 14.1. The average Bonchev–Trinajstić information content (AvgIpc) is 3.26. The second-order valence-electron chi connectivity index (χ2n) is 9.78. The number of aryl methyl sites for hydroxylation is 1. The van der Waals surface area contributed by atoms with E-state index in [4.69, 9.17) is 25.8 Å². The number of aromatic carboxylic acids is 1. The maximum absolute atomic E-state index is 13.3. The first-order valence-electron chi connectivity index (χ1n) is 12.3. The fourth-order valence-electron chi connectivity index (χ4n) is 4.46. The number of carboxylic acid groups (broad SMARTS) is 1. The monoisotopic (exact) mass is 542 g/mol. The molecule has 0 bridgehead atoms. The summed E-state index contributed by atoms with van der Waals surface area (Å²) in [5.41, 5.74) is 1.70. The molecule has 0 aliphatic carbocycles. The van der Waals surface area contributed by atoms with Gasteiger partial charge in [-0.25, -0.2) is 19.1 Å². The van der Waals surface area contributed by atoms with Crippen LogP contribution in [0.1, 0.15) is 55.5 Å². The number of ether oxygens (including phenoxy) is 3. The van der Waals surface area contributed by atoms with Crippen LogP contribution >= 0.6 is 11.6 Å². The Bertz CT molecular complexity index is 1410. The third-order valence-corrected chi connectivity index (χ3v) is 6.28. The Morgan fingerprint density at radius 3 is 2.71 bits per heavy atom. The van der Waals surface area contributed by atoms with Gasteiger partial charge < -0.3 is 24.2 Å². The van der Waals surface area contributed by atoms with Gasteiger partial charge in [0.15, 0.2) is 17.4 Å². The summed E-state index contributed by atoms with van der Waals surface area (Å²) >= 11 is 7.07. The van der Waals surface area contributed by atoms with Crippen molar-refractivity contribution in [3.63, 3.8) is 0 Å². The van der Waals surface area contributed by atoms with Gasteiger partial charge in [0.1, 0.15) is 12.4 Å². The van der Waals surface area contributed by atoms with Gasteiger partial charge in [0.2, 0.25) is 0 Å². The number of esters is 1. The lowest BCUT2D eigenvalue weighted by atomic mass is 9.97. The fourth-order valence-corrected chi connectivity index (χ4v) is 4.83. The Hall–Kier alpha value is -3.63. The summed E-state index contributed by atoms with van der Waals surface area (Å²) in [5, 5.41) is 14.3. The molecule has 0 saturated heterocycles. The molecule has 1 aliphatic heterocycles. The summed E-state index contributed by atoms with van der Waals surface area (Å²) in [6.07, 6.45) is 0.589. The zero-order valence-electron chi connectivity index (χ0n) is 22.1. The standard InChI is InChI=1S/C27H31ClN4O6/c1-7-11-31-12-13-37-18-10-9-16(21(28)23(18)31)22-20(24(26(35)36-8-2)38-27(4,5)6)15(3)29-19-14-17(25(33)34)30-32(19)22/h7,9-10,14,24H,1,8,11-13H2,2-6H3,(H,33,34). The van der Waals surface area contributed by atoms with E-state index in [0.717, 1.165) is 0 Å². The van der Waals surface area contributed by atoms with E-state index < -0.39 is 23.6 Å². The first-order valence-corrected chi connectivity index (χ1v) is 12.6. The van der Waals surface area contributed by atoms with Gasteiger partial charge >= 0.3 is 11.9 Å². The van der Waals surface area contributed by atoms with Gasteiger partial charge in [-0.2, -0.15) is 5.10 Å². The fraction of sp³-hybridized carbons (Fsp3) is 0.407. The number of carbonyl (C=O) groups is 2. The van der Waals surface area contributed by atoms with E-state index in [1.165, 1.54) is 10.6 Å². The molecule has 10 nitrogen and oxygen atoms in total. The molecule has 38 heavy (non-hydrogen) atoms. The molecule has 1 atom stereocenters. The van der Waals surface area contributed by atoms with Crippen LogP contribution in [0.5, 0.6) is 5.75 Å². The quantitative estimate of drug-likeness (QED) is 0.314. The highest BCUT2D eigenvalue weighted by atomic mass is 35.5. The highest BCUT2D eigenvalue weighted by molar-refractivity contribution is 6.36. The van der Waals surface area contributed by atoms with Gasteiger partial charge in [0, 0.05) is 29.4 Å². The molecule has 11 heteroatoms. The first-order chi connectivity index (χ1) is 18.0. The lowest BCUT2D eigenvalue weighted by Crippen LogP contribution is -2.33. The van der Waals surface area contributed by atoms with Crippen LogP contribution in [0, 0.1) is 6.92 Å². The van der Waals surface area contributed by atoms with Gasteiger partial charge in [-0.3, -0.25) is 0 Å². The number of hydrogen-bond acceptors (Lipinski definition) is 8. The van der Waals surface area contributed by atoms with E-state index in [9.17, 15) is 14.7 Å². The minimum absolute atomic E-state index is 0.144. The maximum atomic E-state index is 13.3. The molecule has 202 valence electrons. The second-order valence-corrected chi connectivity index (χ2v) is 10.2. The van der Waals surface area contributed by atoms with Crippen LogP contribution in [-0.2, 0) is 14.3 Å². The van der Waals surface area contributed by atoms with Gasteiger partial charge in [-0.1, -0.05) is 17.7 Å². The lowest BCUT2D eigenvalue weighted by molar-refractivity contribution is -0.166.